The molecule has 0 aliphatic carbocycles. The number of H-pyrrole nitrogens is 2. The molecular formula is C46H52N8O6. The Morgan fingerprint density at radius 1 is 0.617 bits per heavy atom. The van der Waals surface area contributed by atoms with Crippen LogP contribution in [0.15, 0.2) is 96.4 Å². The molecule has 5 aromatic rings. The Labute approximate surface area is 349 Å². The Kier molecular flexibility index (Phi) is 11.9. The van der Waals surface area contributed by atoms with Crippen LogP contribution in [0.3, 0.4) is 0 Å². The van der Waals surface area contributed by atoms with Gasteiger partial charge in [-0.25, -0.2) is 19.6 Å². The average Bonchev–Trinajstić information content (AvgIpc) is 4.07. The topological polar surface area (TPSA) is 175 Å². The lowest BCUT2D eigenvalue weighted by Crippen LogP contribution is -2.51. The number of hydrogen-bond acceptors (Lipinski definition) is 8. The second-order valence-corrected chi connectivity index (χ2v) is 16.3. The fraction of sp³-hybridized carbons (Fsp3) is 0.348. The van der Waals surface area contributed by atoms with Crippen molar-refractivity contribution in [2.24, 2.45) is 11.8 Å². The van der Waals surface area contributed by atoms with Crippen molar-refractivity contribution in [2.45, 2.75) is 65.7 Å². The standard InChI is InChI=1S/C46H52N8O6/c1-25(2)39(51-45(57)59-7)43(55)53-23-27(5)17-37(53)41-47-21-35(49-41)30-11-9-29(10-12-30)31-13-14-33-20-34(16-15-32(33)19-31)36-22-48-42(50-36)38-18-28(6)24-54(38)44(56)40(26(3)4)52-46(58)60-8/h9-22,25-26,37-40H,23-24H2,1-8H3,(H,47,49)(H,48,50)(H,51,57)(H,52,58)/t37-,38-,39-,40-/m0/s1. The average molecular weight is 813 g/mol. The molecule has 3 aromatic carbocycles. The molecule has 0 saturated heterocycles. The van der Waals surface area contributed by atoms with E-state index in [-0.39, 0.29) is 23.7 Å². The molecule has 4 N–H and O–H groups in total. The molecule has 14 nitrogen and oxygen atoms in total. The summed E-state index contributed by atoms with van der Waals surface area (Å²) in [6.07, 6.45) is 6.34. The van der Waals surface area contributed by atoms with Gasteiger partial charge in [-0.3, -0.25) is 9.59 Å². The van der Waals surface area contributed by atoms with Gasteiger partial charge in [0.1, 0.15) is 35.8 Å². The smallest absolute Gasteiger partial charge is 0.407 e. The fourth-order valence-corrected chi connectivity index (χ4v) is 7.90. The van der Waals surface area contributed by atoms with Crippen molar-refractivity contribution < 1.29 is 28.7 Å². The lowest BCUT2D eigenvalue weighted by atomic mass is 9.98. The summed E-state index contributed by atoms with van der Waals surface area (Å²) in [5.74, 6) is 0.625. The van der Waals surface area contributed by atoms with Crippen molar-refractivity contribution in [1.29, 1.82) is 0 Å². The summed E-state index contributed by atoms with van der Waals surface area (Å²) in [4.78, 5) is 71.2. The molecule has 0 radical (unpaired) electrons. The van der Waals surface area contributed by atoms with Crippen LogP contribution in [0.2, 0.25) is 0 Å². The van der Waals surface area contributed by atoms with Crippen LogP contribution in [0.5, 0.6) is 0 Å². The van der Waals surface area contributed by atoms with Gasteiger partial charge in [0.15, 0.2) is 0 Å². The van der Waals surface area contributed by atoms with E-state index in [9.17, 15) is 19.2 Å². The van der Waals surface area contributed by atoms with Gasteiger partial charge in [-0.1, -0.05) is 99.5 Å². The van der Waals surface area contributed by atoms with E-state index in [1.165, 1.54) is 14.2 Å². The highest BCUT2D eigenvalue weighted by molar-refractivity contribution is 5.91. The maximum atomic E-state index is 13.7. The van der Waals surface area contributed by atoms with Crippen LogP contribution in [0, 0.1) is 11.8 Å². The number of amides is 4. The monoisotopic (exact) mass is 812 g/mol. The molecule has 0 saturated carbocycles. The lowest BCUT2D eigenvalue weighted by Gasteiger charge is -2.30. The number of fused-ring (bicyclic) bond motifs is 1. The zero-order valence-electron chi connectivity index (χ0n) is 35.2. The van der Waals surface area contributed by atoms with Crippen LogP contribution >= 0.6 is 0 Å². The highest BCUT2D eigenvalue weighted by Crippen LogP contribution is 2.35. The van der Waals surface area contributed by atoms with Gasteiger partial charge in [0.05, 0.1) is 38.0 Å². The SMILES string of the molecule is COC(=O)N[C@H](C(=O)N1CC(C)=C[C@H]1c1ncc(-c2ccc(-c3ccc4cc(-c5cnc([C@@H]6C=C(C)CN6C(=O)[C@@H](NC(=O)OC)C(C)C)[nH]5)ccc4c3)cc2)[nH]1)C(C)C. The maximum Gasteiger partial charge on any atom is 0.407 e. The number of imidazole rings is 2. The first-order valence-electron chi connectivity index (χ1n) is 20.1. The molecule has 4 amide bonds. The van der Waals surface area contributed by atoms with Crippen molar-refractivity contribution >= 4 is 34.8 Å². The fourth-order valence-electron chi connectivity index (χ4n) is 7.90. The van der Waals surface area contributed by atoms with Crippen molar-refractivity contribution in [2.75, 3.05) is 27.3 Å². The second kappa shape index (κ2) is 17.3. The zero-order chi connectivity index (χ0) is 42.8. The first-order chi connectivity index (χ1) is 28.7. The van der Waals surface area contributed by atoms with Crippen LogP contribution in [0.1, 0.15) is 65.3 Å². The van der Waals surface area contributed by atoms with Crippen LogP contribution in [-0.2, 0) is 19.1 Å². The molecule has 312 valence electrons. The number of nitrogens with zero attached hydrogens (tertiary/aromatic N) is 4. The molecule has 2 aromatic heterocycles. The molecule has 0 fully saturated rings. The largest absolute Gasteiger partial charge is 0.453 e. The van der Waals surface area contributed by atoms with Gasteiger partial charge in [0, 0.05) is 18.7 Å². The molecule has 2 aliphatic rings. The van der Waals surface area contributed by atoms with Gasteiger partial charge in [-0.2, -0.15) is 0 Å². The number of aromatic amines is 2. The molecule has 0 spiro atoms. The van der Waals surface area contributed by atoms with E-state index in [0.29, 0.717) is 24.7 Å². The lowest BCUT2D eigenvalue weighted by molar-refractivity contribution is -0.135. The molecule has 4 atom stereocenters. The Bertz CT molecular complexity index is 2480. The minimum absolute atomic E-state index is 0.138. The van der Waals surface area contributed by atoms with E-state index in [1.54, 1.807) is 22.2 Å². The highest BCUT2D eigenvalue weighted by atomic mass is 16.5. The van der Waals surface area contributed by atoms with Gasteiger partial charge in [-0.15, -0.1) is 0 Å². The van der Waals surface area contributed by atoms with Crippen molar-refractivity contribution in [3.63, 3.8) is 0 Å². The predicted molar refractivity (Wildman–Crippen MR) is 229 cm³/mol. The van der Waals surface area contributed by atoms with Gasteiger partial charge < -0.3 is 39.9 Å². The molecule has 7 rings (SSSR count). The molecule has 0 unspecified atom stereocenters. The molecular weight excluding hydrogens is 761 g/mol. The number of ether oxygens (including phenoxy) is 2. The number of carbonyl (C=O) groups excluding carboxylic acids is 4. The van der Waals surface area contributed by atoms with E-state index in [1.807, 2.05) is 53.7 Å². The third-order valence-corrected chi connectivity index (χ3v) is 11.2. The number of methoxy groups -OCH3 is 2. The van der Waals surface area contributed by atoms with Gasteiger partial charge in [-0.05, 0) is 65.3 Å². The van der Waals surface area contributed by atoms with E-state index < -0.39 is 36.4 Å². The molecule has 4 heterocycles. The molecule has 60 heavy (non-hydrogen) atoms. The minimum atomic E-state index is -0.736. The number of benzene rings is 3. The second-order valence-electron chi connectivity index (χ2n) is 16.3. The van der Waals surface area contributed by atoms with E-state index >= 15 is 0 Å². The molecule has 0 bridgehead atoms. The highest BCUT2D eigenvalue weighted by Gasteiger charge is 2.38. The minimum Gasteiger partial charge on any atom is -0.453 e. The summed E-state index contributed by atoms with van der Waals surface area (Å²) in [7, 11) is 2.57. The van der Waals surface area contributed by atoms with Crippen LogP contribution in [0.25, 0.3) is 44.4 Å². The quantitative estimate of drug-likeness (QED) is 0.0982. The van der Waals surface area contributed by atoms with Crippen LogP contribution < -0.4 is 10.6 Å². The maximum absolute atomic E-state index is 13.7. The van der Waals surface area contributed by atoms with E-state index in [2.05, 4.69) is 86.2 Å². The third-order valence-electron chi connectivity index (χ3n) is 11.2. The number of hydrogen-bond donors (Lipinski definition) is 4. The number of carbonyl (C=O) groups is 4. The number of rotatable bonds is 11. The van der Waals surface area contributed by atoms with Crippen LogP contribution in [0.4, 0.5) is 9.59 Å². The normalized spacial score (nSPS) is 17.4. The Morgan fingerprint density at radius 3 is 1.47 bits per heavy atom. The third kappa shape index (κ3) is 8.54. The molecule has 2 aliphatic heterocycles. The first-order valence-corrected chi connectivity index (χ1v) is 20.1. The van der Waals surface area contributed by atoms with E-state index in [4.69, 9.17) is 14.5 Å². The van der Waals surface area contributed by atoms with Gasteiger partial charge >= 0.3 is 12.2 Å². The van der Waals surface area contributed by atoms with Crippen molar-refractivity contribution in [3.8, 4) is 33.6 Å². The summed E-state index contributed by atoms with van der Waals surface area (Å²) in [6.45, 7) is 12.4. The number of nitrogens with one attached hydrogen (secondary N) is 4. The van der Waals surface area contributed by atoms with Crippen molar-refractivity contribution in [3.05, 3.63) is 108 Å². The number of alkyl carbamates (subject to hydrolysis) is 2. The Hall–Kier alpha value is -6.70. The summed E-state index contributed by atoms with van der Waals surface area (Å²) in [5.41, 5.74) is 7.81. The van der Waals surface area contributed by atoms with Gasteiger partial charge in [0.2, 0.25) is 11.8 Å². The summed E-state index contributed by atoms with van der Waals surface area (Å²) in [5, 5.41) is 7.54. The Morgan fingerprint density at radius 2 is 1.02 bits per heavy atom. The molecule has 14 heteroatoms. The zero-order valence-corrected chi connectivity index (χ0v) is 35.2. The van der Waals surface area contributed by atoms with Crippen molar-refractivity contribution in [1.82, 2.24) is 40.4 Å². The first kappa shape index (κ1) is 41.5. The Balaban J connectivity index is 1.05. The summed E-state index contributed by atoms with van der Waals surface area (Å²) < 4.78 is 9.55. The number of aromatic nitrogens is 4. The summed E-state index contributed by atoms with van der Waals surface area (Å²) >= 11 is 0. The van der Waals surface area contributed by atoms with Crippen LogP contribution in [-0.4, -0.2) is 93.1 Å². The summed E-state index contributed by atoms with van der Waals surface area (Å²) in [6, 6.07) is 18.7. The predicted octanol–water partition coefficient (Wildman–Crippen LogP) is 7.71. The van der Waals surface area contributed by atoms with Gasteiger partial charge in [0.25, 0.3) is 0 Å². The van der Waals surface area contributed by atoms with E-state index in [0.717, 1.165) is 55.6 Å².